The van der Waals surface area contributed by atoms with E-state index in [1.807, 2.05) is 18.2 Å². The number of nitrogens with one attached hydrogen (secondary N) is 1. The predicted molar refractivity (Wildman–Crippen MR) is 109 cm³/mol. The van der Waals surface area contributed by atoms with Crippen LogP contribution in [-0.4, -0.2) is 33.5 Å². The third-order valence-electron chi connectivity index (χ3n) is 4.55. The molecular formula is C21H20ClF3N4O2. The molecule has 2 aromatic heterocycles. The second-order valence-corrected chi connectivity index (χ2v) is 7.26. The van der Waals surface area contributed by atoms with Gasteiger partial charge in [0.15, 0.2) is 6.61 Å². The minimum Gasteiger partial charge on any atom is -0.468 e. The van der Waals surface area contributed by atoms with E-state index in [9.17, 15) is 18.0 Å². The van der Waals surface area contributed by atoms with Crippen molar-refractivity contribution in [3.8, 4) is 5.88 Å². The number of halogens is 4. The van der Waals surface area contributed by atoms with E-state index in [-0.39, 0.29) is 12.4 Å². The van der Waals surface area contributed by atoms with Crippen molar-refractivity contribution in [2.45, 2.75) is 33.1 Å². The lowest BCUT2D eigenvalue weighted by molar-refractivity contribution is -0.154. The monoisotopic (exact) mass is 452 g/mol. The van der Waals surface area contributed by atoms with E-state index in [2.05, 4.69) is 15.4 Å². The highest BCUT2D eigenvalue weighted by atomic mass is 35.5. The molecule has 10 heteroatoms. The highest BCUT2D eigenvalue weighted by Crippen LogP contribution is 2.21. The van der Waals surface area contributed by atoms with Crippen molar-refractivity contribution >= 4 is 17.5 Å². The lowest BCUT2D eigenvalue weighted by Gasteiger charge is -2.12. The summed E-state index contributed by atoms with van der Waals surface area (Å²) in [5, 5.41) is 7.74. The average Bonchev–Trinajstić information content (AvgIpc) is 2.99. The molecule has 31 heavy (non-hydrogen) atoms. The summed E-state index contributed by atoms with van der Waals surface area (Å²) in [6.07, 6.45) is -3.16. The number of aromatic nitrogens is 3. The molecule has 1 aromatic carbocycles. The van der Waals surface area contributed by atoms with Crippen molar-refractivity contribution < 1.29 is 22.7 Å². The molecule has 2 heterocycles. The Morgan fingerprint density at radius 1 is 1.16 bits per heavy atom. The van der Waals surface area contributed by atoms with Crippen LogP contribution in [0.5, 0.6) is 5.88 Å². The summed E-state index contributed by atoms with van der Waals surface area (Å²) in [6.45, 7) is 2.38. The van der Waals surface area contributed by atoms with E-state index < -0.39 is 18.7 Å². The van der Waals surface area contributed by atoms with Gasteiger partial charge in [0.1, 0.15) is 0 Å². The van der Waals surface area contributed by atoms with Crippen LogP contribution in [0.15, 0.2) is 42.6 Å². The fourth-order valence-electron chi connectivity index (χ4n) is 3.07. The van der Waals surface area contributed by atoms with Crippen LogP contribution < -0.4 is 10.1 Å². The van der Waals surface area contributed by atoms with Crippen molar-refractivity contribution in [1.29, 1.82) is 0 Å². The number of amides is 1. The first-order valence-corrected chi connectivity index (χ1v) is 9.72. The van der Waals surface area contributed by atoms with E-state index in [0.29, 0.717) is 34.1 Å². The first kappa shape index (κ1) is 22.6. The molecule has 0 aliphatic carbocycles. The molecule has 0 saturated carbocycles. The summed E-state index contributed by atoms with van der Waals surface area (Å²) in [6, 6.07) is 10.5. The van der Waals surface area contributed by atoms with E-state index in [0.717, 1.165) is 5.56 Å². The summed E-state index contributed by atoms with van der Waals surface area (Å²) < 4.78 is 43.8. The Kier molecular flexibility index (Phi) is 6.84. The van der Waals surface area contributed by atoms with Gasteiger partial charge in [0, 0.05) is 29.0 Å². The van der Waals surface area contributed by atoms with Crippen molar-refractivity contribution in [3.05, 3.63) is 75.7 Å². The molecular weight excluding hydrogens is 433 g/mol. The molecule has 0 spiro atoms. The van der Waals surface area contributed by atoms with Crippen molar-refractivity contribution in [2.75, 3.05) is 6.61 Å². The number of aryl methyl sites for hydroxylation is 1. The molecule has 0 aliphatic rings. The first-order valence-electron chi connectivity index (χ1n) is 9.35. The minimum absolute atomic E-state index is 0.0472. The van der Waals surface area contributed by atoms with E-state index in [4.69, 9.17) is 16.3 Å². The van der Waals surface area contributed by atoms with Gasteiger partial charge in [-0.2, -0.15) is 18.3 Å². The van der Waals surface area contributed by atoms with Gasteiger partial charge in [0.25, 0.3) is 5.91 Å². The van der Waals surface area contributed by atoms with Gasteiger partial charge < -0.3 is 10.1 Å². The maximum atomic E-state index is 12.8. The zero-order valence-electron chi connectivity index (χ0n) is 16.8. The minimum atomic E-state index is -4.48. The molecule has 1 amide bonds. The van der Waals surface area contributed by atoms with Gasteiger partial charge in [-0.15, -0.1) is 0 Å². The second-order valence-electron chi connectivity index (χ2n) is 6.85. The van der Waals surface area contributed by atoms with Gasteiger partial charge in [0.2, 0.25) is 5.88 Å². The SMILES string of the molecule is Cc1nn(Cc2ccccc2Cl)c(C)c1C(=O)NCc1cccnc1OCC(F)(F)F. The van der Waals surface area contributed by atoms with Crippen LogP contribution in [0.25, 0.3) is 0 Å². The van der Waals surface area contributed by atoms with Gasteiger partial charge >= 0.3 is 6.18 Å². The Balaban J connectivity index is 1.72. The first-order chi connectivity index (χ1) is 14.7. The van der Waals surface area contributed by atoms with E-state index >= 15 is 0 Å². The predicted octanol–water partition coefficient (Wildman–Crippen LogP) is 4.47. The van der Waals surface area contributed by atoms with Gasteiger partial charge in [-0.05, 0) is 31.5 Å². The zero-order chi connectivity index (χ0) is 22.6. The van der Waals surface area contributed by atoms with Crippen molar-refractivity contribution in [1.82, 2.24) is 20.1 Å². The number of hydrogen-bond donors (Lipinski definition) is 1. The second kappa shape index (κ2) is 9.38. The summed E-state index contributed by atoms with van der Waals surface area (Å²) in [7, 11) is 0. The van der Waals surface area contributed by atoms with Crippen molar-refractivity contribution in [3.63, 3.8) is 0 Å². The number of pyridine rings is 1. The number of alkyl halides is 3. The molecule has 0 atom stereocenters. The van der Waals surface area contributed by atoms with Crippen LogP contribution in [-0.2, 0) is 13.1 Å². The van der Waals surface area contributed by atoms with Gasteiger partial charge in [-0.1, -0.05) is 35.9 Å². The topological polar surface area (TPSA) is 69.0 Å². The highest BCUT2D eigenvalue weighted by Gasteiger charge is 2.29. The quantitative estimate of drug-likeness (QED) is 0.574. The standard InChI is InChI=1S/C21H20ClF3N4O2/c1-13-18(14(2)29(28-13)11-16-6-3-4-8-17(16)22)19(30)27-10-15-7-5-9-26-20(15)31-12-21(23,24)25/h3-9H,10-12H2,1-2H3,(H,27,30). The van der Waals surface area contributed by atoms with Gasteiger partial charge in [-0.3, -0.25) is 9.48 Å². The molecule has 3 aromatic rings. The maximum Gasteiger partial charge on any atom is 0.422 e. The Morgan fingerprint density at radius 2 is 1.87 bits per heavy atom. The van der Waals surface area contributed by atoms with Crippen LogP contribution in [0.2, 0.25) is 5.02 Å². The fraction of sp³-hybridized carbons (Fsp3) is 0.286. The summed E-state index contributed by atoms with van der Waals surface area (Å²) in [4.78, 5) is 16.6. The maximum absolute atomic E-state index is 12.8. The number of hydrogen-bond acceptors (Lipinski definition) is 4. The number of ether oxygens (including phenoxy) is 1. The third-order valence-corrected chi connectivity index (χ3v) is 4.92. The lowest BCUT2D eigenvalue weighted by Crippen LogP contribution is -2.25. The van der Waals surface area contributed by atoms with Gasteiger partial charge in [-0.25, -0.2) is 4.98 Å². The van der Waals surface area contributed by atoms with Crippen LogP contribution in [0.1, 0.15) is 32.9 Å². The largest absolute Gasteiger partial charge is 0.468 e. The Bertz CT molecular complexity index is 1080. The normalized spacial score (nSPS) is 11.4. The smallest absolute Gasteiger partial charge is 0.422 e. The number of carbonyl (C=O) groups is 1. The third kappa shape index (κ3) is 5.75. The molecule has 3 rings (SSSR count). The molecule has 0 fully saturated rings. The number of benzene rings is 1. The molecule has 1 N–H and O–H groups in total. The molecule has 0 radical (unpaired) electrons. The molecule has 164 valence electrons. The number of nitrogens with zero attached hydrogens (tertiary/aromatic N) is 3. The van der Waals surface area contributed by atoms with E-state index in [1.165, 1.54) is 6.20 Å². The summed E-state index contributed by atoms with van der Waals surface area (Å²) in [5.41, 5.74) is 2.77. The molecule has 0 aliphatic heterocycles. The van der Waals surface area contributed by atoms with Crippen LogP contribution in [0.4, 0.5) is 13.2 Å². The zero-order valence-corrected chi connectivity index (χ0v) is 17.6. The van der Waals surface area contributed by atoms with Gasteiger partial charge in [0.05, 0.1) is 17.8 Å². The fourth-order valence-corrected chi connectivity index (χ4v) is 3.27. The van der Waals surface area contributed by atoms with Crippen LogP contribution in [0.3, 0.4) is 0 Å². The molecule has 0 unspecified atom stereocenters. The number of rotatable bonds is 7. The lowest BCUT2D eigenvalue weighted by atomic mass is 10.1. The Labute approximate surface area is 182 Å². The summed E-state index contributed by atoms with van der Waals surface area (Å²) in [5.74, 6) is -0.575. The molecule has 0 saturated heterocycles. The Hall–Kier alpha value is -3.07. The number of carbonyl (C=O) groups excluding carboxylic acids is 1. The average molecular weight is 453 g/mol. The van der Waals surface area contributed by atoms with Crippen molar-refractivity contribution in [2.24, 2.45) is 0 Å². The van der Waals surface area contributed by atoms with E-state index in [1.54, 1.807) is 36.7 Å². The van der Waals surface area contributed by atoms with Crippen LogP contribution >= 0.6 is 11.6 Å². The molecule has 0 bridgehead atoms. The summed E-state index contributed by atoms with van der Waals surface area (Å²) >= 11 is 6.21. The Morgan fingerprint density at radius 3 is 2.58 bits per heavy atom. The highest BCUT2D eigenvalue weighted by molar-refractivity contribution is 6.31. The van der Waals surface area contributed by atoms with Crippen LogP contribution in [0, 0.1) is 13.8 Å². The molecule has 6 nitrogen and oxygen atoms in total.